The van der Waals surface area contributed by atoms with Gasteiger partial charge in [0.15, 0.2) is 0 Å². The number of carbonyl (C=O) groups excluding carboxylic acids is 1. The summed E-state index contributed by atoms with van der Waals surface area (Å²) in [5.74, 6) is -0.680. The maximum atomic E-state index is 12.9. The number of benzene rings is 2. The molecule has 1 N–H and O–H groups in total. The summed E-state index contributed by atoms with van der Waals surface area (Å²) < 4.78 is 1.90. The van der Waals surface area contributed by atoms with E-state index >= 15 is 0 Å². The molecule has 0 spiro atoms. The summed E-state index contributed by atoms with van der Waals surface area (Å²) in [6, 6.07) is 13.1. The Bertz CT molecular complexity index is 1200. The first kappa shape index (κ1) is 21.8. The predicted octanol–water partition coefficient (Wildman–Crippen LogP) is 5.33. The molecule has 5 nitrogen and oxygen atoms in total. The number of aromatic nitrogens is 2. The van der Waals surface area contributed by atoms with Crippen molar-refractivity contribution in [1.29, 1.82) is 0 Å². The van der Waals surface area contributed by atoms with Crippen molar-refractivity contribution >= 4 is 23.9 Å². The van der Waals surface area contributed by atoms with E-state index in [9.17, 15) is 9.59 Å². The van der Waals surface area contributed by atoms with E-state index in [-0.39, 0.29) is 16.8 Å². The Morgan fingerprint density at radius 2 is 1.81 bits per heavy atom. The average Bonchev–Trinajstić information content (AvgIpc) is 3.24. The van der Waals surface area contributed by atoms with E-state index in [1.807, 2.05) is 42.9 Å². The molecule has 3 aromatic rings. The van der Waals surface area contributed by atoms with E-state index in [0.29, 0.717) is 13.0 Å². The number of Topliss-reactive ketones (excluding diaryl/α,β-unsaturated/α-hetero) is 1. The third-order valence-corrected chi connectivity index (χ3v) is 6.49. The van der Waals surface area contributed by atoms with Crippen molar-refractivity contribution in [2.24, 2.45) is 0 Å². The van der Waals surface area contributed by atoms with E-state index in [1.165, 1.54) is 5.56 Å². The molecule has 0 bridgehead atoms. The summed E-state index contributed by atoms with van der Waals surface area (Å²) in [5, 5.41) is 13.5. The Hall–Kier alpha value is -3.47. The number of hydrogen-bond donors (Lipinski definition) is 1. The number of rotatable bonds is 5. The van der Waals surface area contributed by atoms with Crippen molar-refractivity contribution < 1.29 is 14.7 Å². The average molecular weight is 429 g/mol. The second-order valence-electron chi connectivity index (χ2n) is 9.67. The van der Waals surface area contributed by atoms with Gasteiger partial charge in [0, 0.05) is 24.2 Å². The standard InChI is InChI=1S/C27H28N2O3/c1-26(2)16-24(30)27(3,4)23-14-20(11-8-18-6-9-19(10-7-18)25(31)32)21(15-22(23)26)17-29-13-5-12-28-29/h5-15H,16-17H2,1-4H3,(H,31,32). The molecule has 0 saturated carbocycles. The molecular weight excluding hydrogens is 400 g/mol. The fourth-order valence-electron chi connectivity index (χ4n) is 4.39. The summed E-state index contributed by atoms with van der Waals surface area (Å²) in [5.41, 5.74) is 4.85. The minimum Gasteiger partial charge on any atom is -0.478 e. The lowest BCUT2D eigenvalue weighted by Crippen LogP contribution is -2.42. The van der Waals surface area contributed by atoms with Crippen LogP contribution in [0, 0.1) is 0 Å². The molecule has 5 heteroatoms. The number of carbonyl (C=O) groups is 2. The molecule has 0 saturated heterocycles. The van der Waals surface area contributed by atoms with Crippen LogP contribution < -0.4 is 0 Å². The third kappa shape index (κ3) is 4.03. The van der Waals surface area contributed by atoms with Crippen LogP contribution in [0.5, 0.6) is 0 Å². The molecule has 0 amide bonds. The van der Waals surface area contributed by atoms with Gasteiger partial charge in [0.25, 0.3) is 0 Å². The number of carboxylic acids is 1. The zero-order valence-electron chi connectivity index (χ0n) is 18.9. The van der Waals surface area contributed by atoms with Gasteiger partial charge < -0.3 is 5.11 Å². The quantitative estimate of drug-likeness (QED) is 0.558. The first-order chi connectivity index (χ1) is 15.1. The highest BCUT2D eigenvalue weighted by Gasteiger charge is 2.43. The molecule has 0 aliphatic heterocycles. The number of fused-ring (bicyclic) bond motifs is 1. The van der Waals surface area contributed by atoms with Crippen molar-refractivity contribution in [1.82, 2.24) is 9.78 Å². The summed E-state index contributed by atoms with van der Waals surface area (Å²) in [4.78, 5) is 24.0. The summed E-state index contributed by atoms with van der Waals surface area (Å²) in [6.45, 7) is 8.91. The lowest BCUT2D eigenvalue weighted by molar-refractivity contribution is -0.125. The van der Waals surface area contributed by atoms with Gasteiger partial charge in [0.05, 0.1) is 12.1 Å². The van der Waals surface area contributed by atoms with Crippen LogP contribution in [-0.4, -0.2) is 26.6 Å². The van der Waals surface area contributed by atoms with Gasteiger partial charge in [-0.15, -0.1) is 0 Å². The van der Waals surface area contributed by atoms with Crippen molar-refractivity contribution in [3.63, 3.8) is 0 Å². The SMILES string of the molecule is CC1(C)CC(=O)C(C)(C)c2cc(C=Cc3ccc(C(=O)O)cc3)c(Cn3cccn3)cc21. The van der Waals surface area contributed by atoms with Crippen LogP contribution in [0.2, 0.25) is 0 Å². The molecule has 0 atom stereocenters. The van der Waals surface area contributed by atoms with E-state index in [1.54, 1.807) is 30.5 Å². The Morgan fingerprint density at radius 1 is 1.09 bits per heavy atom. The Morgan fingerprint density at radius 3 is 2.44 bits per heavy atom. The van der Waals surface area contributed by atoms with Gasteiger partial charge in [0.2, 0.25) is 0 Å². The normalized spacial score (nSPS) is 16.8. The van der Waals surface area contributed by atoms with Gasteiger partial charge in [-0.25, -0.2) is 4.79 Å². The van der Waals surface area contributed by atoms with Crippen LogP contribution in [0.25, 0.3) is 12.2 Å². The van der Waals surface area contributed by atoms with E-state index in [4.69, 9.17) is 5.11 Å². The van der Waals surface area contributed by atoms with Crippen LogP contribution >= 0.6 is 0 Å². The molecule has 164 valence electrons. The summed E-state index contributed by atoms with van der Waals surface area (Å²) >= 11 is 0. The van der Waals surface area contributed by atoms with Crippen LogP contribution in [-0.2, 0) is 22.2 Å². The Kier molecular flexibility index (Phi) is 5.37. The fraction of sp³-hybridized carbons (Fsp3) is 0.296. The minimum atomic E-state index is -0.939. The highest BCUT2D eigenvalue weighted by molar-refractivity contribution is 5.93. The molecule has 4 rings (SSSR count). The molecule has 1 aliphatic rings. The molecule has 1 aliphatic carbocycles. The van der Waals surface area contributed by atoms with Gasteiger partial charge >= 0.3 is 5.97 Å². The van der Waals surface area contributed by atoms with Crippen molar-refractivity contribution in [2.45, 2.75) is 51.5 Å². The van der Waals surface area contributed by atoms with Crippen molar-refractivity contribution in [3.05, 3.63) is 88.2 Å². The molecular formula is C27H28N2O3. The molecule has 0 fully saturated rings. The maximum Gasteiger partial charge on any atom is 0.335 e. The zero-order valence-corrected chi connectivity index (χ0v) is 18.9. The first-order valence-electron chi connectivity index (χ1n) is 10.8. The number of hydrogen-bond acceptors (Lipinski definition) is 3. The van der Waals surface area contributed by atoms with Crippen LogP contribution in [0.4, 0.5) is 0 Å². The topological polar surface area (TPSA) is 72.2 Å². The number of ketones is 1. The smallest absolute Gasteiger partial charge is 0.335 e. The largest absolute Gasteiger partial charge is 0.478 e. The van der Waals surface area contributed by atoms with Gasteiger partial charge in [-0.2, -0.15) is 5.10 Å². The third-order valence-electron chi connectivity index (χ3n) is 6.49. The van der Waals surface area contributed by atoms with E-state index in [0.717, 1.165) is 22.3 Å². The number of aromatic carboxylic acids is 1. The highest BCUT2D eigenvalue weighted by atomic mass is 16.4. The number of nitrogens with zero attached hydrogens (tertiary/aromatic N) is 2. The zero-order chi connectivity index (χ0) is 23.1. The molecule has 2 aromatic carbocycles. The van der Waals surface area contributed by atoms with Crippen molar-refractivity contribution in [3.8, 4) is 0 Å². The molecule has 32 heavy (non-hydrogen) atoms. The lowest BCUT2D eigenvalue weighted by Gasteiger charge is -2.41. The Labute approximate surface area is 188 Å². The van der Waals surface area contributed by atoms with Gasteiger partial charge in [-0.05, 0) is 65.3 Å². The predicted molar refractivity (Wildman–Crippen MR) is 126 cm³/mol. The van der Waals surface area contributed by atoms with Crippen LogP contribution in [0.15, 0.2) is 54.9 Å². The summed E-state index contributed by atoms with van der Waals surface area (Å²) in [7, 11) is 0. The molecule has 0 radical (unpaired) electrons. The molecule has 0 unspecified atom stereocenters. The monoisotopic (exact) mass is 428 g/mol. The second kappa shape index (κ2) is 7.90. The van der Waals surface area contributed by atoms with Gasteiger partial charge in [0.1, 0.15) is 5.78 Å². The van der Waals surface area contributed by atoms with E-state index < -0.39 is 11.4 Å². The minimum absolute atomic E-state index is 0.226. The Balaban J connectivity index is 1.81. The van der Waals surface area contributed by atoms with Gasteiger partial charge in [-0.3, -0.25) is 9.48 Å². The summed E-state index contributed by atoms with van der Waals surface area (Å²) in [6.07, 6.45) is 8.25. The maximum absolute atomic E-state index is 12.9. The van der Waals surface area contributed by atoms with Crippen molar-refractivity contribution in [2.75, 3.05) is 0 Å². The molecule has 1 heterocycles. The second-order valence-corrected chi connectivity index (χ2v) is 9.67. The van der Waals surface area contributed by atoms with Gasteiger partial charge in [-0.1, -0.05) is 50.3 Å². The van der Waals surface area contributed by atoms with E-state index in [2.05, 4.69) is 31.1 Å². The highest BCUT2D eigenvalue weighted by Crippen LogP contribution is 2.45. The van der Waals surface area contributed by atoms with Crippen LogP contribution in [0.1, 0.15) is 72.3 Å². The van der Waals surface area contributed by atoms with Crippen LogP contribution in [0.3, 0.4) is 0 Å². The first-order valence-corrected chi connectivity index (χ1v) is 10.8. The fourth-order valence-corrected chi connectivity index (χ4v) is 4.39. The lowest BCUT2D eigenvalue weighted by atomic mass is 9.62. The number of carboxylic acid groups (broad SMARTS) is 1. The molecule has 1 aromatic heterocycles.